The molecule has 0 saturated heterocycles. The molecule has 0 saturated carbocycles. The summed E-state index contributed by atoms with van der Waals surface area (Å²) in [6, 6.07) is 14.2. The van der Waals surface area contributed by atoms with Gasteiger partial charge in [0.05, 0.1) is 23.9 Å². The summed E-state index contributed by atoms with van der Waals surface area (Å²) in [5.74, 6) is -0.229. The second kappa shape index (κ2) is 8.84. The van der Waals surface area contributed by atoms with Crippen molar-refractivity contribution in [2.45, 2.75) is 19.3 Å². The van der Waals surface area contributed by atoms with Crippen molar-refractivity contribution in [1.82, 2.24) is 15.2 Å². The van der Waals surface area contributed by atoms with Gasteiger partial charge in [-0.3, -0.25) is 14.6 Å². The molecule has 0 radical (unpaired) electrons. The van der Waals surface area contributed by atoms with E-state index in [0.717, 1.165) is 11.3 Å². The minimum atomic E-state index is -0.515. The largest absolute Gasteiger partial charge is 0.422 e. The number of anilines is 2. The third-order valence-corrected chi connectivity index (χ3v) is 5.39. The van der Waals surface area contributed by atoms with Gasteiger partial charge in [-0.15, -0.1) is 5.10 Å². The molecule has 1 aliphatic heterocycles. The highest BCUT2D eigenvalue weighted by Gasteiger charge is 2.25. The molecule has 0 bridgehead atoms. The van der Waals surface area contributed by atoms with Crippen LogP contribution < -0.4 is 14.8 Å². The van der Waals surface area contributed by atoms with Gasteiger partial charge in [-0.1, -0.05) is 11.6 Å². The van der Waals surface area contributed by atoms with E-state index in [1.54, 1.807) is 36.7 Å². The SMILES string of the molecule is O=C1CCC(=O)Oc2c(ccc3c(Nc4ccc(Cl)cc4)nnc(Cc4ccncc4)c23)O1. The van der Waals surface area contributed by atoms with Gasteiger partial charge in [0, 0.05) is 34.9 Å². The van der Waals surface area contributed by atoms with Gasteiger partial charge >= 0.3 is 11.9 Å². The minimum Gasteiger partial charge on any atom is -0.422 e. The highest BCUT2D eigenvalue weighted by Crippen LogP contribution is 2.41. The second-order valence-electron chi connectivity index (χ2n) is 7.42. The van der Waals surface area contributed by atoms with E-state index in [1.807, 2.05) is 24.3 Å². The first kappa shape index (κ1) is 20.8. The molecule has 0 unspecified atom stereocenters. The Morgan fingerprint density at radius 2 is 1.61 bits per heavy atom. The maximum absolute atomic E-state index is 12.4. The van der Waals surface area contributed by atoms with Crippen molar-refractivity contribution >= 4 is 45.8 Å². The summed E-state index contributed by atoms with van der Waals surface area (Å²) >= 11 is 5.99. The van der Waals surface area contributed by atoms with E-state index >= 15 is 0 Å². The molecule has 9 heteroatoms. The number of pyridine rings is 1. The van der Waals surface area contributed by atoms with Crippen LogP contribution in [-0.2, 0) is 16.0 Å². The lowest BCUT2D eigenvalue weighted by molar-refractivity contribution is -0.142. The number of aromatic nitrogens is 3. The van der Waals surface area contributed by atoms with Gasteiger partial charge in [-0.2, -0.15) is 5.10 Å². The molecular weight excluding hydrogens is 444 g/mol. The zero-order valence-corrected chi connectivity index (χ0v) is 18.0. The molecule has 2 aromatic heterocycles. The summed E-state index contributed by atoms with van der Waals surface area (Å²) < 4.78 is 11.1. The van der Waals surface area contributed by atoms with Crippen molar-refractivity contribution in [1.29, 1.82) is 0 Å². The smallest absolute Gasteiger partial charge is 0.311 e. The number of halogens is 1. The summed E-state index contributed by atoms with van der Waals surface area (Å²) in [6.45, 7) is 0. The zero-order chi connectivity index (χ0) is 22.8. The summed E-state index contributed by atoms with van der Waals surface area (Å²) in [4.78, 5) is 28.5. The third-order valence-electron chi connectivity index (χ3n) is 5.14. The van der Waals surface area contributed by atoms with Crippen LogP contribution in [0.2, 0.25) is 5.02 Å². The zero-order valence-electron chi connectivity index (χ0n) is 17.2. The fraction of sp³-hybridized carbons (Fsp3) is 0.125. The number of hydrogen-bond donors (Lipinski definition) is 1. The van der Waals surface area contributed by atoms with E-state index in [4.69, 9.17) is 21.1 Å². The van der Waals surface area contributed by atoms with Crippen LogP contribution >= 0.6 is 11.6 Å². The monoisotopic (exact) mass is 460 g/mol. The molecule has 0 fully saturated rings. The highest BCUT2D eigenvalue weighted by atomic mass is 35.5. The third kappa shape index (κ3) is 4.47. The lowest BCUT2D eigenvalue weighted by Gasteiger charge is -2.18. The van der Waals surface area contributed by atoms with Gasteiger partial charge in [0.2, 0.25) is 0 Å². The van der Waals surface area contributed by atoms with E-state index in [-0.39, 0.29) is 24.3 Å². The molecule has 164 valence electrons. The number of nitrogens with zero attached hydrogens (tertiary/aromatic N) is 3. The number of ether oxygens (including phenoxy) is 2. The van der Waals surface area contributed by atoms with E-state index in [1.165, 1.54) is 0 Å². The Labute approximate surface area is 193 Å². The maximum Gasteiger partial charge on any atom is 0.311 e. The average Bonchev–Trinajstić information content (AvgIpc) is 2.81. The number of carbonyl (C=O) groups is 2. The van der Waals surface area contributed by atoms with Crippen molar-refractivity contribution in [3.05, 3.63) is 77.2 Å². The van der Waals surface area contributed by atoms with E-state index in [0.29, 0.717) is 33.7 Å². The summed E-state index contributed by atoms with van der Waals surface area (Å²) in [5.41, 5.74) is 2.27. The highest BCUT2D eigenvalue weighted by molar-refractivity contribution is 6.30. The molecule has 0 atom stereocenters. The number of carbonyl (C=O) groups excluding carboxylic acids is 2. The molecule has 4 aromatic rings. The van der Waals surface area contributed by atoms with Crippen molar-refractivity contribution < 1.29 is 19.1 Å². The fourth-order valence-corrected chi connectivity index (χ4v) is 3.69. The lowest BCUT2D eigenvalue weighted by atomic mass is 10.0. The van der Waals surface area contributed by atoms with Crippen molar-refractivity contribution in [2.24, 2.45) is 0 Å². The quantitative estimate of drug-likeness (QED) is 0.347. The van der Waals surface area contributed by atoms with Crippen molar-refractivity contribution in [3.8, 4) is 11.5 Å². The Balaban J connectivity index is 1.69. The lowest BCUT2D eigenvalue weighted by Crippen LogP contribution is -2.19. The first-order valence-corrected chi connectivity index (χ1v) is 10.6. The summed E-state index contributed by atoms with van der Waals surface area (Å²) in [5, 5.41) is 13.9. The standard InChI is InChI=1S/C24H17ClN4O4/c25-15-1-3-16(4-2-15)27-24-17-5-6-19-23(33-21(31)8-7-20(30)32-19)22(17)18(28-29-24)13-14-9-11-26-12-10-14/h1-6,9-12H,7-8,13H2,(H,27,29). The molecule has 0 amide bonds. The van der Waals surface area contributed by atoms with E-state index < -0.39 is 11.9 Å². The Hall–Kier alpha value is -4.04. The minimum absolute atomic E-state index is 0.0435. The molecule has 8 nitrogen and oxygen atoms in total. The number of rotatable bonds is 4. The molecule has 5 rings (SSSR count). The molecule has 0 aliphatic carbocycles. The number of fused-ring (bicyclic) bond motifs is 3. The molecule has 33 heavy (non-hydrogen) atoms. The Kier molecular flexibility index (Phi) is 5.58. The number of hydrogen-bond acceptors (Lipinski definition) is 8. The van der Waals surface area contributed by atoms with Gasteiger partial charge in [0.1, 0.15) is 0 Å². The van der Waals surface area contributed by atoms with Gasteiger partial charge in [-0.25, -0.2) is 0 Å². The van der Waals surface area contributed by atoms with Crippen LogP contribution in [0.1, 0.15) is 24.1 Å². The van der Waals surface area contributed by atoms with Crippen LogP contribution in [-0.4, -0.2) is 27.1 Å². The van der Waals surface area contributed by atoms with Gasteiger partial charge in [0.25, 0.3) is 0 Å². The van der Waals surface area contributed by atoms with Crippen LogP contribution in [0.25, 0.3) is 10.8 Å². The van der Waals surface area contributed by atoms with Crippen molar-refractivity contribution in [3.63, 3.8) is 0 Å². The normalized spacial score (nSPS) is 13.5. The van der Waals surface area contributed by atoms with Crippen LogP contribution in [0.5, 0.6) is 11.5 Å². The first-order chi connectivity index (χ1) is 16.1. The maximum atomic E-state index is 12.4. The summed E-state index contributed by atoms with van der Waals surface area (Å²) in [6.07, 6.45) is 3.68. The van der Waals surface area contributed by atoms with Crippen LogP contribution in [0.3, 0.4) is 0 Å². The number of nitrogens with one attached hydrogen (secondary N) is 1. The molecule has 2 aromatic carbocycles. The number of esters is 2. The fourth-order valence-electron chi connectivity index (χ4n) is 3.57. The predicted octanol–water partition coefficient (Wildman–Crippen LogP) is 4.62. The second-order valence-corrected chi connectivity index (χ2v) is 7.86. The average molecular weight is 461 g/mol. The summed E-state index contributed by atoms with van der Waals surface area (Å²) in [7, 11) is 0. The predicted molar refractivity (Wildman–Crippen MR) is 122 cm³/mol. The van der Waals surface area contributed by atoms with Crippen LogP contribution in [0.4, 0.5) is 11.5 Å². The van der Waals surface area contributed by atoms with E-state index in [2.05, 4.69) is 20.5 Å². The molecule has 3 heterocycles. The Morgan fingerprint density at radius 1 is 0.879 bits per heavy atom. The van der Waals surface area contributed by atoms with Crippen LogP contribution in [0, 0.1) is 0 Å². The topological polar surface area (TPSA) is 103 Å². The first-order valence-electron chi connectivity index (χ1n) is 10.2. The molecule has 0 spiro atoms. The Morgan fingerprint density at radius 3 is 2.36 bits per heavy atom. The molecular formula is C24H17ClN4O4. The Bertz CT molecular complexity index is 1360. The van der Waals surface area contributed by atoms with Gasteiger partial charge in [0.15, 0.2) is 17.3 Å². The molecule has 1 aliphatic rings. The molecule has 1 N–H and O–H groups in total. The van der Waals surface area contributed by atoms with Crippen LogP contribution in [0.15, 0.2) is 60.9 Å². The van der Waals surface area contributed by atoms with Gasteiger partial charge in [-0.05, 0) is 54.1 Å². The number of benzene rings is 2. The van der Waals surface area contributed by atoms with Crippen molar-refractivity contribution in [2.75, 3.05) is 5.32 Å². The van der Waals surface area contributed by atoms with E-state index in [9.17, 15) is 9.59 Å². The van der Waals surface area contributed by atoms with Gasteiger partial charge < -0.3 is 14.8 Å².